The first-order valence-electron chi connectivity index (χ1n) is 11.3. The number of amides is 3. The molecule has 9 nitrogen and oxygen atoms in total. The van der Waals surface area contributed by atoms with Crippen molar-refractivity contribution in [3.8, 4) is 5.69 Å². The molecule has 1 aliphatic rings. The second kappa shape index (κ2) is 11.1. The fourth-order valence-corrected chi connectivity index (χ4v) is 3.92. The van der Waals surface area contributed by atoms with E-state index in [1.165, 1.54) is 5.56 Å². The first-order chi connectivity index (χ1) is 15.4. The van der Waals surface area contributed by atoms with Crippen LogP contribution in [-0.2, 0) is 16.0 Å². The summed E-state index contributed by atoms with van der Waals surface area (Å²) >= 11 is 0. The molecule has 174 valence electrons. The highest BCUT2D eigenvalue weighted by Gasteiger charge is 2.33. The summed E-state index contributed by atoms with van der Waals surface area (Å²) in [6, 6.07) is 6.77. The van der Waals surface area contributed by atoms with Crippen molar-refractivity contribution in [1.82, 2.24) is 25.2 Å². The lowest BCUT2D eigenvalue weighted by Gasteiger charge is -2.37. The van der Waals surface area contributed by atoms with Gasteiger partial charge in [-0.05, 0) is 30.0 Å². The molecule has 1 aliphatic heterocycles. The smallest absolute Gasteiger partial charge is 0.312 e. The fraction of sp³-hybridized carbons (Fsp3) is 0.565. The Morgan fingerprint density at radius 3 is 2.69 bits per heavy atom. The van der Waals surface area contributed by atoms with Crippen LogP contribution in [0, 0.1) is 0 Å². The molecule has 0 saturated carbocycles. The molecule has 2 aromatic rings. The van der Waals surface area contributed by atoms with Gasteiger partial charge in [0.15, 0.2) is 0 Å². The molecule has 9 heteroatoms. The normalized spacial score (nSPS) is 17.4. The van der Waals surface area contributed by atoms with E-state index in [1.54, 1.807) is 9.58 Å². The van der Waals surface area contributed by atoms with Gasteiger partial charge < -0.3 is 20.7 Å². The molecule has 32 heavy (non-hydrogen) atoms. The predicted octanol–water partition coefficient (Wildman–Crippen LogP) is 2.39. The zero-order valence-electron chi connectivity index (χ0n) is 19.2. The van der Waals surface area contributed by atoms with Crippen LogP contribution in [0.2, 0.25) is 0 Å². The topological polar surface area (TPSA) is 115 Å². The SMILES string of the molecule is CCCCC(NC(N)=O)C(=O)N1CCOCC1Cc1cn(-c2ccc(C(C)C)cc2)nn1. The minimum atomic E-state index is -0.685. The van der Waals surface area contributed by atoms with Crippen molar-refractivity contribution in [2.24, 2.45) is 5.73 Å². The second-order valence-electron chi connectivity index (χ2n) is 8.57. The van der Waals surface area contributed by atoms with Crippen LogP contribution in [0.3, 0.4) is 0 Å². The number of carbonyl (C=O) groups is 2. The van der Waals surface area contributed by atoms with Crippen molar-refractivity contribution in [3.63, 3.8) is 0 Å². The van der Waals surface area contributed by atoms with Crippen molar-refractivity contribution in [2.45, 2.75) is 64.5 Å². The predicted molar refractivity (Wildman–Crippen MR) is 122 cm³/mol. The molecule has 0 bridgehead atoms. The Morgan fingerprint density at radius 2 is 2.03 bits per heavy atom. The summed E-state index contributed by atoms with van der Waals surface area (Å²) in [7, 11) is 0. The van der Waals surface area contributed by atoms with Crippen molar-refractivity contribution < 1.29 is 14.3 Å². The molecule has 1 aromatic heterocycles. The highest BCUT2D eigenvalue weighted by Crippen LogP contribution is 2.18. The summed E-state index contributed by atoms with van der Waals surface area (Å²) in [4.78, 5) is 26.4. The molecule has 2 atom stereocenters. The monoisotopic (exact) mass is 442 g/mol. The van der Waals surface area contributed by atoms with Crippen LogP contribution in [0.15, 0.2) is 30.5 Å². The molecular formula is C23H34N6O3. The van der Waals surface area contributed by atoms with Crippen LogP contribution in [0.1, 0.15) is 57.2 Å². The molecule has 0 radical (unpaired) electrons. The molecule has 1 fully saturated rings. The van der Waals surface area contributed by atoms with Crippen molar-refractivity contribution in [2.75, 3.05) is 19.8 Å². The largest absolute Gasteiger partial charge is 0.377 e. The molecule has 0 spiro atoms. The van der Waals surface area contributed by atoms with Gasteiger partial charge in [0.1, 0.15) is 6.04 Å². The zero-order valence-corrected chi connectivity index (χ0v) is 19.2. The molecule has 2 unspecified atom stereocenters. The van der Waals surface area contributed by atoms with Gasteiger partial charge in [-0.25, -0.2) is 9.48 Å². The lowest BCUT2D eigenvalue weighted by Crippen LogP contribution is -2.57. The van der Waals surface area contributed by atoms with Crippen LogP contribution in [0.25, 0.3) is 5.69 Å². The van der Waals surface area contributed by atoms with Gasteiger partial charge in [-0.15, -0.1) is 5.10 Å². The van der Waals surface area contributed by atoms with Crippen molar-refractivity contribution in [1.29, 1.82) is 0 Å². The molecule has 3 N–H and O–H groups in total. The van der Waals surface area contributed by atoms with E-state index in [-0.39, 0.29) is 11.9 Å². The average molecular weight is 443 g/mol. The number of nitrogens with two attached hydrogens (primary N) is 1. The quantitative estimate of drug-likeness (QED) is 0.619. The van der Waals surface area contributed by atoms with E-state index in [1.807, 2.05) is 25.3 Å². The summed E-state index contributed by atoms with van der Waals surface area (Å²) in [6.45, 7) is 7.72. The van der Waals surface area contributed by atoms with Crippen LogP contribution < -0.4 is 11.1 Å². The summed E-state index contributed by atoms with van der Waals surface area (Å²) in [5.41, 5.74) is 8.29. The minimum absolute atomic E-state index is 0.123. The third-order valence-electron chi connectivity index (χ3n) is 5.78. The first kappa shape index (κ1) is 23.7. The Hall–Kier alpha value is -2.94. The Kier molecular flexibility index (Phi) is 8.21. The van der Waals surface area contributed by atoms with Crippen molar-refractivity contribution in [3.05, 3.63) is 41.7 Å². The van der Waals surface area contributed by atoms with E-state index >= 15 is 0 Å². The molecule has 0 aliphatic carbocycles. The number of carbonyl (C=O) groups excluding carboxylic acids is 2. The van der Waals surface area contributed by atoms with E-state index in [2.05, 4.69) is 41.6 Å². The number of rotatable bonds is 9. The Balaban J connectivity index is 1.71. The fourth-order valence-electron chi connectivity index (χ4n) is 3.92. The maximum Gasteiger partial charge on any atom is 0.312 e. The number of aromatic nitrogens is 3. The number of unbranched alkanes of at least 4 members (excludes halogenated alkanes) is 1. The van der Waals surface area contributed by atoms with Gasteiger partial charge in [-0.1, -0.05) is 51.0 Å². The number of ether oxygens (including phenoxy) is 1. The van der Waals surface area contributed by atoms with Gasteiger partial charge >= 0.3 is 6.03 Å². The van der Waals surface area contributed by atoms with E-state index in [0.717, 1.165) is 24.2 Å². The third-order valence-corrected chi connectivity index (χ3v) is 5.78. The van der Waals surface area contributed by atoms with Crippen LogP contribution in [-0.4, -0.2) is 63.7 Å². The Bertz CT molecular complexity index is 895. The zero-order chi connectivity index (χ0) is 23.1. The molecule has 3 rings (SSSR count). The molecule has 3 amide bonds. The summed E-state index contributed by atoms with van der Waals surface area (Å²) < 4.78 is 7.39. The van der Waals surface area contributed by atoms with E-state index in [9.17, 15) is 9.59 Å². The highest BCUT2D eigenvalue weighted by molar-refractivity contribution is 5.86. The number of nitrogens with zero attached hydrogens (tertiary/aromatic N) is 4. The van der Waals surface area contributed by atoms with Crippen LogP contribution in [0.4, 0.5) is 4.79 Å². The lowest BCUT2D eigenvalue weighted by atomic mass is 10.0. The van der Waals surface area contributed by atoms with Gasteiger partial charge in [0.2, 0.25) is 5.91 Å². The van der Waals surface area contributed by atoms with E-state index < -0.39 is 12.1 Å². The highest BCUT2D eigenvalue weighted by atomic mass is 16.5. The van der Waals surface area contributed by atoms with Crippen LogP contribution in [0.5, 0.6) is 0 Å². The maximum atomic E-state index is 13.2. The van der Waals surface area contributed by atoms with E-state index in [0.29, 0.717) is 38.5 Å². The number of nitrogens with one attached hydrogen (secondary N) is 1. The van der Waals surface area contributed by atoms with Gasteiger partial charge in [0, 0.05) is 13.0 Å². The summed E-state index contributed by atoms with van der Waals surface area (Å²) in [5.74, 6) is 0.345. The standard InChI is InChI=1S/C23H34N6O3/c1-4-5-6-21(25-23(24)31)22(30)28-11-12-32-15-20(28)13-18-14-29(27-26-18)19-9-7-17(8-10-19)16(2)3/h7-10,14,16,20-21H,4-6,11-13,15H2,1-3H3,(H3,24,25,31). The summed E-state index contributed by atoms with van der Waals surface area (Å²) in [5, 5.41) is 11.2. The number of morpholine rings is 1. The molecule has 1 saturated heterocycles. The second-order valence-corrected chi connectivity index (χ2v) is 8.57. The van der Waals surface area contributed by atoms with E-state index in [4.69, 9.17) is 10.5 Å². The van der Waals surface area contributed by atoms with Gasteiger partial charge in [-0.3, -0.25) is 4.79 Å². The number of hydrogen-bond acceptors (Lipinski definition) is 5. The number of hydrogen-bond donors (Lipinski definition) is 2. The molecule has 1 aromatic carbocycles. The van der Waals surface area contributed by atoms with Gasteiger partial charge in [0.05, 0.1) is 36.8 Å². The molecule has 2 heterocycles. The Morgan fingerprint density at radius 1 is 1.28 bits per heavy atom. The lowest BCUT2D eigenvalue weighted by molar-refractivity contribution is -0.142. The molecular weight excluding hydrogens is 408 g/mol. The first-order valence-corrected chi connectivity index (χ1v) is 11.3. The van der Waals surface area contributed by atoms with Gasteiger partial charge in [0.25, 0.3) is 0 Å². The average Bonchev–Trinajstić information content (AvgIpc) is 3.25. The van der Waals surface area contributed by atoms with Crippen molar-refractivity contribution >= 4 is 11.9 Å². The number of primary amides is 1. The maximum absolute atomic E-state index is 13.2. The van der Waals surface area contributed by atoms with Gasteiger partial charge in [-0.2, -0.15) is 0 Å². The summed E-state index contributed by atoms with van der Waals surface area (Å²) in [6.07, 6.45) is 4.73. The minimum Gasteiger partial charge on any atom is -0.377 e. The number of urea groups is 1. The number of benzene rings is 1. The third kappa shape index (κ3) is 6.06. The van der Waals surface area contributed by atoms with Crippen LogP contribution >= 0.6 is 0 Å². The Labute approximate surface area is 189 Å².